The van der Waals surface area contributed by atoms with Crippen molar-refractivity contribution in [1.29, 1.82) is 0 Å². The number of nitrogens with one attached hydrogen (secondary N) is 1. The van der Waals surface area contributed by atoms with Crippen molar-refractivity contribution in [2.24, 2.45) is 23.7 Å². The molecule has 0 saturated carbocycles. The maximum atomic E-state index is 5.57. The summed E-state index contributed by atoms with van der Waals surface area (Å²) in [6.07, 6.45) is 4.51. The van der Waals surface area contributed by atoms with Crippen LogP contribution in [0, 0.1) is 30.6 Å². The molecule has 1 heterocycles. The van der Waals surface area contributed by atoms with Gasteiger partial charge in [-0.2, -0.15) is 0 Å². The fraction of sp³-hybridized carbons (Fsp3) is 0.778. The second-order valence-corrected chi connectivity index (χ2v) is 7.03. The average molecular weight is 321 g/mol. The highest BCUT2D eigenvalue weighted by Crippen LogP contribution is 2.38. The Morgan fingerprint density at radius 1 is 1.35 bits per heavy atom. The maximum absolute atomic E-state index is 5.57. The van der Waals surface area contributed by atoms with Gasteiger partial charge in [0.2, 0.25) is 11.8 Å². The van der Waals surface area contributed by atoms with Gasteiger partial charge in [-0.05, 0) is 37.0 Å². The number of aryl methyl sites for hydroxylation is 1. The molecule has 0 aromatic carbocycles. The predicted octanol–water partition coefficient (Wildman–Crippen LogP) is 3.01. The van der Waals surface area contributed by atoms with Gasteiger partial charge in [0.25, 0.3) is 0 Å². The van der Waals surface area contributed by atoms with Crippen LogP contribution in [0.25, 0.3) is 0 Å². The minimum absolute atomic E-state index is 0.512. The van der Waals surface area contributed by atoms with Gasteiger partial charge in [0.1, 0.15) is 0 Å². The van der Waals surface area contributed by atoms with Gasteiger partial charge in [-0.3, -0.25) is 0 Å². The van der Waals surface area contributed by atoms with Gasteiger partial charge < -0.3 is 14.5 Å². The van der Waals surface area contributed by atoms with Crippen LogP contribution in [0.15, 0.2) is 16.1 Å². The second kappa shape index (κ2) is 8.60. The van der Waals surface area contributed by atoms with E-state index in [4.69, 9.17) is 9.15 Å². The lowest BCUT2D eigenvalue weighted by molar-refractivity contribution is 0.188. The highest BCUT2D eigenvalue weighted by atomic mass is 16.5. The van der Waals surface area contributed by atoms with Crippen LogP contribution in [0.3, 0.4) is 0 Å². The van der Waals surface area contributed by atoms with E-state index in [-0.39, 0.29) is 0 Å². The molecule has 3 atom stereocenters. The Labute approximate surface area is 139 Å². The van der Waals surface area contributed by atoms with E-state index in [0.717, 1.165) is 32.0 Å². The van der Waals surface area contributed by atoms with E-state index in [1.54, 1.807) is 7.11 Å². The molecule has 0 amide bonds. The van der Waals surface area contributed by atoms with E-state index >= 15 is 0 Å². The molecule has 1 aromatic rings. The molecule has 1 aliphatic rings. The molecule has 0 aliphatic heterocycles. The summed E-state index contributed by atoms with van der Waals surface area (Å²) in [7, 11) is 1.74. The second-order valence-electron chi connectivity index (χ2n) is 7.03. The van der Waals surface area contributed by atoms with E-state index in [9.17, 15) is 0 Å². The first-order valence-corrected chi connectivity index (χ1v) is 8.68. The molecule has 2 rings (SSSR count). The van der Waals surface area contributed by atoms with Crippen molar-refractivity contribution in [3.63, 3.8) is 0 Å². The van der Waals surface area contributed by atoms with Crippen molar-refractivity contribution in [3.8, 4) is 0 Å². The fourth-order valence-corrected chi connectivity index (χ4v) is 3.58. The Morgan fingerprint density at radius 2 is 2.13 bits per heavy atom. The molecule has 0 spiro atoms. The minimum Gasteiger partial charge on any atom is -0.426 e. The molecule has 1 N–H and O–H groups in total. The van der Waals surface area contributed by atoms with Crippen molar-refractivity contribution >= 4 is 0 Å². The van der Waals surface area contributed by atoms with Gasteiger partial charge in [0.05, 0.1) is 6.61 Å². The lowest BCUT2D eigenvalue weighted by atomic mass is 9.70. The summed E-state index contributed by atoms with van der Waals surface area (Å²) in [5, 5.41) is 11.6. The largest absolute Gasteiger partial charge is 0.426 e. The predicted molar refractivity (Wildman–Crippen MR) is 91.2 cm³/mol. The number of ether oxygens (including phenoxy) is 1. The molecule has 0 radical (unpaired) electrons. The summed E-state index contributed by atoms with van der Waals surface area (Å²) in [4.78, 5) is 0. The minimum atomic E-state index is 0.512. The zero-order chi connectivity index (χ0) is 16.8. The van der Waals surface area contributed by atoms with Gasteiger partial charge in [-0.1, -0.05) is 25.5 Å². The van der Waals surface area contributed by atoms with Crippen molar-refractivity contribution in [3.05, 3.63) is 23.4 Å². The summed E-state index contributed by atoms with van der Waals surface area (Å²) in [6, 6.07) is 0. The number of hydrogen-bond acceptors (Lipinski definition) is 5. The Kier molecular flexibility index (Phi) is 6.78. The third-order valence-electron chi connectivity index (χ3n) is 4.94. The molecule has 0 saturated heterocycles. The number of rotatable bonds is 8. The number of aromatic nitrogens is 2. The van der Waals surface area contributed by atoms with Gasteiger partial charge in [0.15, 0.2) is 0 Å². The summed E-state index contributed by atoms with van der Waals surface area (Å²) in [5.41, 5.74) is 1.45. The molecule has 5 heteroatoms. The van der Waals surface area contributed by atoms with Crippen LogP contribution in [0.5, 0.6) is 0 Å². The Morgan fingerprint density at radius 3 is 2.74 bits per heavy atom. The average Bonchev–Trinajstić information content (AvgIpc) is 2.91. The highest BCUT2D eigenvalue weighted by Gasteiger charge is 2.32. The first-order chi connectivity index (χ1) is 11.0. The van der Waals surface area contributed by atoms with E-state index in [0.29, 0.717) is 29.6 Å². The monoisotopic (exact) mass is 321 g/mol. The van der Waals surface area contributed by atoms with E-state index in [2.05, 4.69) is 42.4 Å². The lowest BCUT2D eigenvalue weighted by Gasteiger charge is -2.37. The zero-order valence-corrected chi connectivity index (χ0v) is 15.1. The lowest BCUT2D eigenvalue weighted by Crippen LogP contribution is -2.35. The van der Waals surface area contributed by atoms with E-state index < -0.39 is 0 Å². The summed E-state index contributed by atoms with van der Waals surface area (Å²) < 4.78 is 10.7. The summed E-state index contributed by atoms with van der Waals surface area (Å²) in [6.45, 7) is 11.4. The van der Waals surface area contributed by atoms with Gasteiger partial charge in [-0.25, -0.2) is 0 Å². The van der Waals surface area contributed by atoms with E-state index in [1.165, 1.54) is 12.0 Å². The topological polar surface area (TPSA) is 60.2 Å². The van der Waals surface area contributed by atoms with Gasteiger partial charge in [-0.15, -0.1) is 10.2 Å². The van der Waals surface area contributed by atoms with Crippen LogP contribution in [-0.2, 0) is 11.2 Å². The molecule has 1 aliphatic carbocycles. The van der Waals surface area contributed by atoms with Crippen LogP contribution in [0.4, 0.5) is 0 Å². The van der Waals surface area contributed by atoms with Crippen molar-refractivity contribution in [2.75, 3.05) is 26.8 Å². The highest BCUT2D eigenvalue weighted by molar-refractivity contribution is 5.14. The molecule has 130 valence electrons. The zero-order valence-electron chi connectivity index (χ0n) is 15.1. The molecule has 5 nitrogen and oxygen atoms in total. The van der Waals surface area contributed by atoms with Crippen molar-refractivity contribution < 1.29 is 9.15 Å². The Hall–Kier alpha value is -1.20. The number of methoxy groups -OCH3 is 1. The van der Waals surface area contributed by atoms with Gasteiger partial charge >= 0.3 is 0 Å². The number of hydrogen-bond donors (Lipinski definition) is 1. The van der Waals surface area contributed by atoms with Gasteiger partial charge in [0, 0.05) is 33.5 Å². The fourth-order valence-electron chi connectivity index (χ4n) is 3.58. The van der Waals surface area contributed by atoms with Crippen molar-refractivity contribution in [2.45, 2.75) is 40.5 Å². The molecule has 0 unspecified atom stereocenters. The van der Waals surface area contributed by atoms with Crippen LogP contribution in [0.2, 0.25) is 0 Å². The van der Waals surface area contributed by atoms with Crippen LogP contribution < -0.4 is 5.32 Å². The molecular formula is C18H31N3O2. The molecule has 1 aromatic heterocycles. The van der Waals surface area contributed by atoms with Crippen LogP contribution in [-0.4, -0.2) is 37.0 Å². The third kappa shape index (κ3) is 5.15. The molecule has 0 fully saturated rings. The SMILES string of the molecule is COCCNC[C@@H]1C=C(C)[C@H](Cc2nnc(C)o2)C[C@H]1C(C)C. The third-order valence-corrected chi connectivity index (χ3v) is 4.94. The number of allylic oxidation sites excluding steroid dienone is 1. The number of nitrogens with zero attached hydrogens (tertiary/aromatic N) is 2. The van der Waals surface area contributed by atoms with Crippen LogP contribution in [0.1, 0.15) is 39.0 Å². The molecular weight excluding hydrogens is 290 g/mol. The summed E-state index contributed by atoms with van der Waals surface area (Å²) in [5.74, 6) is 3.87. The Balaban J connectivity index is 2.01. The first kappa shape index (κ1) is 18.1. The van der Waals surface area contributed by atoms with Crippen molar-refractivity contribution in [1.82, 2.24) is 15.5 Å². The smallest absolute Gasteiger partial charge is 0.217 e. The maximum Gasteiger partial charge on any atom is 0.217 e. The molecule has 23 heavy (non-hydrogen) atoms. The Bertz CT molecular complexity index is 510. The molecule has 0 bridgehead atoms. The first-order valence-electron chi connectivity index (χ1n) is 8.68. The normalized spacial score (nSPS) is 25.0. The summed E-state index contributed by atoms with van der Waals surface area (Å²) >= 11 is 0. The van der Waals surface area contributed by atoms with E-state index in [1.807, 2.05) is 6.92 Å². The quantitative estimate of drug-likeness (QED) is 0.589. The standard InChI is InChI=1S/C18H31N3O2/c1-12(2)17-9-15(10-18-21-20-14(4)23-18)13(3)8-16(17)11-19-6-7-22-5/h8,12,15-17,19H,6-7,9-11H2,1-5H3/t15-,16-,17-/m0/s1. The van der Waals surface area contributed by atoms with Crippen LogP contribution >= 0.6 is 0 Å².